The monoisotopic (exact) mass is 454 g/mol. The number of carbonyl (C=O) groups is 1. The van der Waals surface area contributed by atoms with Gasteiger partial charge in [0.25, 0.3) is 0 Å². The molecular weight excluding hydrogens is 424 g/mol. The molecule has 2 aromatic heterocycles. The fraction of sp³-hybridized carbons (Fsp3) is 0.458. The maximum Gasteiger partial charge on any atom is 0.234 e. The zero-order valence-corrected chi connectivity index (χ0v) is 20.3. The molecule has 0 radical (unpaired) electrons. The predicted molar refractivity (Wildman–Crippen MR) is 130 cm³/mol. The molecule has 1 atom stereocenters. The number of thioether (sulfide) groups is 1. The second-order valence-corrected chi connectivity index (χ2v) is 10.5. The second kappa shape index (κ2) is 9.57. The van der Waals surface area contributed by atoms with Crippen molar-refractivity contribution in [3.05, 3.63) is 45.6 Å². The third-order valence-electron chi connectivity index (χ3n) is 5.80. The van der Waals surface area contributed by atoms with Crippen LogP contribution in [0.2, 0.25) is 0 Å². The number of anilines is 1. The Labute approximate surface area is 192 Å². The van der Waals surface area contributed by atoms with Crippen molar-refractivity contribution in [2.45, 2.75) is 64.6 Å². The summed E-state index contributed by atoms with van der Waals surface area (Å²) in [6, 6.07) is 8.22. The third kappa shape index (κ3) is 4.88. The van der Waals surface area contributed by atoms with Crippen molar-refractivity contribution in [2.24, 2.45) is 5.92 Å². The number of carbonyl (C=O) groups excluding carboxylic acids is 1. The molecule has 3 aromatic rings. The van der Waals surface area contributed by atoms with E-state index in [-0.39, 0.29) is 11.9 Å². The second-order valence-electron chi connectivity index (χ2n) is 8.56. The number of rotatable bonds is 7. The van der Waals surface area contributed by atoms with E-state index in [0.29, 0.717) is 5.75 Å². The van der Waals surface area contributed by atoms with Gasteiger partial charge in [0.15, 0.2) is 11.0 Å². The number of nitrogens with zero attached hydrogens (tertiary/aromatic N) is 3. The van der Waals surface area contributed by atoms with Crippen molar-refractivity contribution in [1.29, 1.82) is 0 Å². The van der Waals surface area contributed by atoms with Crippen molar-refractivity contribution in [3.8, 4) is 11.4 Å². The van der Waals surface area contributed by atoms with Gasteiger partial charge >= 0.3 is 0 Å². The lowest BCUT2D eigenvalue weighted by Crippen LogP contribution is -2.15. The molecule has 4 rings (SSSR count). The van der Waals surface area contributed by atoms with Gasteiger partial charge in [-0.05, 0) is 68.7 Å². The summed E-state index contributed by atoms with van der Waals surface area (Å²) < 4.78 is 2.17. The minimum Gasteiger partial charge on any atom is -0.325 e. The van der Waals surface area contributed by atoms with Crippen LogP contribution < -0.4 is 5.32 Å². The number of benzene rings is 1. The fourth-order valence-electron chi connectivity index (χ4n) is 4.04. The SMILES string of the molecule is CCc1ccc(NC(=O)CSc2nnc(-c3csc4c3CC[C@@H](C)C4)n2C(C)C)cc1. The molecule has 1 amide bonds. The van der Waals surface area contributed by atoms with Gasteiger partial charge in [0, 0.05) is 27.5 Å². The van der Waals surface area contributed by atoms with Gasteiger partial charge in [0.1, 0.15) is 0 Å². The summed E-state index contributed by atoms with van der Waals surface area (Å²) >= 11 is 3.30. The van der Waals surface area contributed by atoms with Crippen LogP contribution in [-0.4, -0.2) is 26.4 Å². The Bertz CT molecular complexity index is 1050. The highest BCUT2D eigenvalue weighted by Crippen LogP contribution is 2.39. The zero-order chi connectivity index (χ0) is 22.0. The van der Waals surface area contributed by atoms with E-state index in [1.807, 2.05) is 35.6 Å². The highest BCUT2D eigenvalue weighted by atomic mass is 32.2. The van der Waals surface area contributed by atoms with Gasteiger partial charge < -0.3 is 5.32 Å². The maximum absolute atomic E-state index is 12.5. The molecule has 0 spiro atoms. The Hall–Kier alpha value is -2.12. The normalized spacial score (nSPS) is 15.8. The van der Waals surface area contributed by atoms with Gasteiger partial charge in [-0.15, -0.1) is 21.5 Å². The highest BCUT2D eigenvalue weighted by molar-refractivity contribution is 7.99. The molecule has 7 heteroatoms. The molecule has 0 saturated heterocycles. The molecule has 31 heavy (non-hydrogen) atoms. The molecule has 0 aliphatic heterocycles. The Balaban J connectivity index is 1.48. The highest BCUT2D eigenvalue weighted by Gasteiger charge is 2.25. The van der Waals surface area contributed by atoms with Crippen molar-refractivity contribution in [3.63, 3.8) is 0 Å². The number of amides is 1. The van der Waals surface area contributed by atoms with Crippen LogP contribution in [0.15, 0.2) is 34.8 Å². The van der Waals surface area contributed by atoms with E-state index in [9.17, 15) is 4.79 Å². The third-order valence-corrected chi connectivity index (χ3v) is 7.80. The van der Waals surface area contributed by atoms with Gasteiger partial charge in [-0.1, -0.05) is 37.7 Å². The molecular formula is C24H30N4OS2. The van der Waals surface area contributed by atoms with Crippen LogP contribution in [0.25, 0.3) is 11.4 Å². The van der Waals surface area contributed by atoms with E-state index in [1.165, 1.54) is 39.8 Å². The quantitative estimate of drug-likeness (QED) is 0.444. The minimum atomic E-state index is -0.0315. The minimum absolute atomic E-state index is 0.0315. The maximum atomic E-state index is 12.5. The van der Waals surface area contributed by atoms with Crippen LogP contribution in [0.5, 0.6) is 0 Å². The smallest absolute Gasteiger partial charge is 0.234 e. The predicted octanol–water partition coefficient (Wildman–Crippen LogP) is 6.01. The average molecular weight is 455 g/mol. The lowest BCUT2D eigenvalue weighted by Gasteiger charge is -2.19. The van der Waals surface area contributed by atoms with E-state index in [0.717, 1.165) is 41.8 Å². The molecule has 0 fully saturated rings. The van der Waals surface area contributed by atoms with Crippen LogP contribution in [0.3, 0.4) is 0 Å². The van der Waals surface area contributed by atoms with E-state index in [4.69, 9.17) is 0 Å². The summed E-state index contributed by atoms with van der Waals surface area (Å²) in [5.74, 6) is 1.96. The Morgan fingerprint density at radius 3 is 2.77 bits per heavy atom. The van der Waals surface area contributed by atoms with Crippen molar-refractivity contribution >= 4 is 34.7 Å². The molecule has 1 N–H and O–H groups in total. The van der Waals surface area contributed by atoms with Crippen LogP contribution in [0.1, 0.15) is 56.2 Å². The van der Waals surface area contributed by atoms with Crippen LogP contribution >= 0.6 is 23.1 Å². The van der Waals surface area contributed by atoms with Gasteiger partial charge in [-0.3, -0.25) is 9.36 Å². The van der Waals surface area contributed by atoms with Gasteiger partial charge in [0.2, 0.25) is 5.91 Å². The summed E-state index contributed by atoms with van der Waals surface area (Å²) in [7, 11) is 0. The Kier molecular flexibility index (Phi) is 6.82. The molecule has 164 valence electrons. The zero-order valence-electron chi connectivity index (χ0n) is 18.6. The first-order chi connectivity index (χ1) is 15.0. The fourth-order valence-corrected chi connectivity index (χ4v) is 6.15. The number of hydrogen-bond donors (Lipinski definition) is 1. The van der Waals surface area contributed by atoms with Crippen molar-refractivity contribution in [2.75, 3.05) is 11.1 Å². The van der Waals surface area contributed by atoms with Gasteiger partial charge in [0.05, 0.1) is 5.75 Å². The first kappa shape index (κ1) is 22.1. The van der Waals surface area contributed by atoms with E-state index in [1.54, 1.807) is 0 Å². The summed E-state index contributed by atoms with van der Waals surface area (Å²) in [5, 5.41) is 15.0. The number of thiophene rings is 1. The van der Waals surface area contributed by atoms with Gasteiger partial charge in [-0.25, -0.2) is 0 Å². The summed E-state index contributed by atoms with van der Waals surface area (Å²) in [5.41, 5.74) is 4.76. The van der Waals surface area contributed by atoms with E-state index >= 15 is 0 Å². The number of aryl methyl sites for hydroxylation is 1. The summed E-state index contributed by atoms with van der Waals surface area (Å²) in [6.07, 6.45) is 4.50. The molecule has 0 unspecified atom stereocenters. The molecule has 5 nitrogen and oxygen atoms in total. The van der Waals surface area contributed by atoms with E-state index in [2.05, 4.69) is 53.2 Å². The Morgan fingerprint density at radius 2 is 2.06 bits per heavy atom. The summed E-state index contributed by atoms with van der Waals surface area (Å²) in [6.45, 7) is 8.74. The first-order valence-electron chi connectivity index (χ1n) is 11.0. The van der Waals surface area contributed by atoms with Crippen molar-refractivity contribution < 1.29 is 4.79 Å². The van der Waals surface area contributed by atoms with Crippen LogP contribution in [0, 0.1) is 5.92 Å². The average Bonchev–Trinajstić information content (AvgIpc) is 3.36. The molecule has 1 aliphatic carbocycles. The summed E-state index contributed by atoms with van der Waals surface area (Å²) in [4.78, 5) is 14.0. The number of fused-ring (bicyclic) bond motifs is 1. The van der Waals surface area contributed by atoms with Crippen molar-refractivity contribution in [1.82, 2.24) is 14.8 Å². The molecule has 1 aliphatic rings. The Morgan fingerprint density at radius 1 is 1.29 bits per heavy atom. The lowest BCUT2D eigenvalue weighted by atomic mass is 9.88. The van der Waals surface area contributed by atoms with Crippen LogP contribution in [0.4, 0.5) is 5.69 Å². The lowest BCUT2D eigenvalue weighted by molar-refractivity contribution is -0.113. The van der Waals surface area contributed by atoms with Crippen LogP contribution in [-0.2, 0) is 24.1 Å². The number of aromatic nitrogens is 3. The van der Waals surface area contributed by atoms with Gasteiger partial charge in [-0.2, -0.15) is 0 Å². The number of nitrogens with one attached hydrogen (secondary N) is 1. The molecule has 2 heterocycles. The first-order valence-corrected chi connectivity index (χ1v) is 12.9. The molecule has 0 bridgehead atoms. The standard InChI is InChI=1S/C24H30N4OS2/c1-5-17-7-9-18(10-8-17)25-22(29)14-31-24-27-26-23(28(24)15(2)3)20-13-30-21-12-16(4)6-11-19(20)21/h7-10,13,15-16H,5-6,11-12,14H2,1-4H3,(H,25,29)/t16-/m1/s1. The molecule has 1 aromatic carbocycles. The van der Waals surface area contributed by atoms with E-state index < -0.39 is 0 Å². The largest absolute Gasteiger partial charge is 0.325 e. The molecule has 0 saturated carbocycles. The number of hydrogen-bond acceptors (Lipinski definition) is 5. The topological polar surface area (TPSA) is 59.8 Å².